The molecule has 0 saturated carbocycles. The Morgan fingerprint density at radius 2 is 1.25 bits per heavy atom. The van der Waals surface area contributed by atoms with E-state index >= 15 is 0 Å². The summed E-state index contributed by atoms with van der Waals surface area (Å²) in [6, 6.07) is 55.7. The summed E-state index contributed by atoms with van der Waals surface area (Å²) in [5.41, 5.74) is 12.9. The molecule has 0 amide bonds. The van der Waals surface area contributed by atoms with Crippen molar-refractivity contribution in [3.05, 3.63) is 176 Å². The number of rotatable bonds is 5. The number of imidazole rings is 1. The van der Waals surface area contributed by atoms with Crippen molar-refractivity contribution in [2.75, 3.05) is 0 Å². The van der Waals surface area contributed by atoms with Crippen LogP contribution in [0.2, 0.25) is 0 Å². The van der Waals surface area contributed by atoms with Crippen LogP contribution in [0.15, 0.2) is 176 Å². The number of nitrogens with zero attached hydrogens (tertiary/aromatic N) is 5. The molecule has 248 valence electrons. The van der Waals surface area contributed by atoms with Crippen molar-refractivity contribution in [3.8, 4) is 45.1 Å². The van der Waals surface area contributed by atoms with Gasteiger partial charge in [0.05, 0.1) is 27.6 Å². The lowest BCUT2D eigenvalue weighted by Crippen LogP contribution is -1.97. The molecule has 11 aromatic rings. The van der Waals surface area contributed by atoms with Gasteiger partial charge in [0, 0.05) is 62.5 Å². The van der Waals surface area contributed by atoms with Gasteiger partial charge in [-0.05, 0) is 89.5 Å². The van der Waals surface area contributed by atoms with Crippen molar-refractivity contribution in [2.24, 2.45) is 0 Å². The first-order valence-electron chi connectivity index (χ1n) is 17.8. The highest BCUT2D eigenvalue weighted by Crippen LogP contribution is 2.41. The Balaban J connectivity index is 1.17. The van der Waals surface area contributed by atoms with Crippen LogP contribution < -0.4 is 0 Å². The Labute approximate surface area is 304 Å². The molecule has 0 bridgehead atoms. The average Bonchev–Trinajstić information content (AvgIpc) is 3.91. The van der Waals surface area contributed by atoms with Crippen molar-refractivity contribution < 1.29 is 0 Å². The Morgan fingerprint density at radius 3 is 2.13 bits per heavy atom. The molecule has 11 rings (SSSR count). The van der Waals surface area contributed by atoms with Gasteiger partial charge in [-0.2, -0.15) is 0 Å². The van der Waals surface area contributed by atoms with Crippen LogP contribution in [0.3, 0.4) is 0 Å². The molecule has 1 N–H and O–H groups in total. The quantitative estimate of drug-likeness (QED) is 0.197. The number of para-hydroxylation sites is 4. The first-order chi connectivity index (χ1) is 26.3. The summed E-state index contributed by atoms with van der Waals surface area (Å²) in [5, 5.41) is 4.73. The summed E-state index contributed by atoms with van der Waals surface area (Å²) in [6.07, 6.45) is 5.54. The van der Waals surface area contributed by atoms with E-state index in [9.17, 15) is 0 Å². The Hall–Kier alpha value is -7.31. The van der Waals surface area contributed by atoms with Gasteiger partial charge in [-0.3, -0.25) is 14.1 Å². The third-order valence-electron chi connectivity index (χ3n) is 10.5. The van der Waals surface area contributed by atoms with Gasteiger partial charge in [0.1, 0.15) is 11.6 Å². The smallest absolute Gasteiger partial charge is 0.147 e. The minimum atomic E-state index is 0.876. The number of aromatic nitrogens is 6. The molecular formula is C47H30N6. The molecule has 53 heavy (non-hydrogen) atoms. The maximum Gasteiger partial charge on any atom is 0.147 e. The zero-order chi connectivity index (χ0) is 34.9. The third-order valence-corrected chi connectivity index (χ3v) is 10.5. The van der Waals surface area contributed by atoms with Gasteiger partial charge in [-0.25, -0.2) is 9.97 Å². The largest absolute Gasteiger partial charge is 0.354 e. The second-order valence-electron chi connectivity index (χ2n) is 13.4. The molecule has 6 nitrogen and oxygen atoms in total. The molecule has 0 aliphatic carbocycles. The fourth-order valence-electron chi connectivity index (χ4n) is 8.06. The monoisotopic (exact) mass is 678 g/mol. The van der Waals surface area contributed by atoms with Crippen LogP contribution in [0.4, 0.5) is 0 Å². The van der Waals surface area contributed by atoms with Crippen LogP contribution >= 0.6 is 0 Å². The molecule has 0 radical (unpaired) electrons. The topological polar surface area (TPSA) is 64.3 Å². The molecule has 6 heteroatoms. The number of pyridine rings is 2. The van der Waals surface area contributed by atoms with Gasteiger partial charge >= 0.3 is 0 Å². The lowest BCUT2D eigenvalue weighted by Gasteiger charge is -2.11. The second-order valence-corrected chi connectivity index (χ2v) is 13.4. The van der Waals surface area contributed by atoms with Crippen molar-refractivity contribution in [2.45, 2.75) is 0 Å². The molecule has 5 aromatic heterocycles. The van der Waals surface area contributed by atoms with Crippen LogP contribution in [0.25, 0.3) is 99.8 Å². The SMILES string of the molecule is c1ccc(-n2c(-c3cccc4c3[nH]c3ccccc34)nc3c(-c4ccc5c6cc(-c7ccncc7)ccc6n(-c6ccccn6)c5c4)cccc32)cc1. The van der Waals surface area contributed by atoms with E-state index < -0.39 is 0 Å². The van der Waals surface area contributed by atoms with E-state index in [-0.39, 0.29) is 0 Å². The van der Waals surface area contributed by atoms with Crippen LogP contribution in [0.5, 0.6) is 0 Å². The number of hydrogen-bond acceptors (Lipinski definition) is 3. The molecular weight excluding hydrogens is 649 g/mol. The summed E-state index contributed by atoms with van der Waals surface area (Å²) < 4.78 is 4.57. The number of fused-ring (bicyclic) bond motifs is 7. The van der Waals surface area contributed by atoms with Crippen molar-refractivity contribution in [1.29, 1.82) is 0 Å². The summed E-state index contributed by atoms with van der Waals surface area (Å²) in [5.74, 6) is 1.77. The highest BCUT2D eigenvalue weighted by Gasteiger charge is 2.21. The molecule has 0 unspecified atom stereocenters. The number of aromatic amines is 1. The van der Waals surface area contributed by atoms with E-state index in [4.69, 9.17) is 9.97 Å². The standard InChI is InChI=1S/C47H30N6/c1-2-10-33(11-3-1)52-42-17-9-13-34(46(42)51-47(52)38-15-8-14-37-35-12-4-5-16-40(35)50-45(37)38)32-19-21-36-39-28-31(30-23-26-48-27-24-30)20-22-41(39)53(43(36)29-32)44-18-6-7-25-49-44/h1-29,50H. The molecule has 0 aliphatic heterocycles. The molecule has 0 aliphatic rings. The number of nitrogens with one attached hydrogen (secondary N) is 1. The average molecular weight is 679 g/mol. The zero-order valence-corrected chi connectivity index (χ0v) is 28.5. The first kappa shape index (κ1) is 29.4. The number of benzene rings is 6. The van der Waals surface area contributed by atoms with E-state index in [1.807, 2.05) is 30.7 Å². The summed E-state index contributed by atoms with van der Waals surface area (Å²) in [4.78, 5) is 18.3. The predicted octanol–water partition coefficient (Wildman–Crippen LogP) is 11.5. The third kappa shape index (κ3) is 4.56. The second kappa shape index (κ2) is 11.6. The van der Waals surface area contributed by atoms with E-state index in [2.05, 4.69) is 165 Å². The van der Waals surface area contributed by atoms with Crippen LogP contribution in [-0.4, -0.2) is 29.1 Å². The molecule has 0 spiro atoms. The highest BCUT2D eigenvalue weighted by molar-refractivity contribution is 6.13. The predicted molar refractivity (Wildman–Crippen MR) is 217 cm³/mol. The van der Waals surface area contributed by atoms with Gasteiger partial charge in [0.25, 0.3) is 0 Å². The molecule has 5 heterocycles. The van der Waals surface area contributed by atoms with E-state index in [0.29, 0.717) is 0 Å². The van der Waals surface area contributed by atoms with Crippen LogP contribution in [-0.2, 0) is 0 Å². The van der Waals surface area contributed by atoms with E-state index in [0.717, 1.165) is 78.2 Å². The lowest BCUT2D eigenvalue weighted by molar-refractivity contribution is 1.08. The van der Waals surface area contributed by atoms with Crippen molar-refractivity contribution in [1.82, 2.24) is 29.1 Å². The number of hydrogen-bond donors (Lipinski definition) is 1. The van der Waals surface area contributed by atoms with Gasteiger partial charge in [-0.15, -0.1) is 0 Å². The maximum absolute atomic E-state index is 5.52. The van der Waals surface area contributed by atoms with Crippen molar-refractivity contribution >= 4 is 54.6 Å². The minimum Gasteiger partial charge on any atom is -0.354 e. The van der Waals surface area contributed by atoms with Gasteiger partial charge in [-0.1, -0.05) is 84.9 Å². The molecule has 0 saturated heterocycles. The van der Waals surface area contributed by atoms with Gasteiger partial charge in [0.2, 0.25) is 0 Å². The molecule has 0 atom stereocenters. The molecule has 6 aromatic carbocycles. The summed E-state index contributed by atoms with van der Waals surface area (Å²) in [6.45, 7) is 0. The van der Waals surface area contributed by atoms with E-state index in [1.165, 1.54) is 21.5 Å². The number of H-pyrrole nitrogens is 1. The summed E-state index contributed by atoms with van der Waals surface area (Å²) in [7, 11) is 0. The van der Waals surface area contributed by atoms with Crippen molar-refractivity contribution in [3.63, 3.8) is 0 Å². The van der Waals surface area contributed by atoms with Gasteiger partial charge < -0.3 is 4.98 Å². The molecule has 0 fully saturated rings. The summed E-state index contributed by atoms with van der Waals surface area (Å²) >= 11 is 0. The zero-order valence-electron chi connectivity index (χ0n) is 28.5. The Morgan fingerprint density at radius 1 is 0.453 bits per heavy atom. The highest BCUT2D eigenvalue weighted by atomic mass is 15.1. The maximum atomic E-state index is 5.52. The Kier molecular flexibility index (Phi) is 6.45. The fraction of sp³-hybridized carbons (Fsp3) is 0. The fourth-order valence-corrected chi connectivity index (χ4v) is 8.06. The Bertz CT molecular complexity index is 3160. The van der Waals surface area contributed by atoms with E-state index in [1.54, 1.807) is 0 Å². The van der Waals surface area contributed by atoms with Crippen LogP contribution in [0, 0.1) is 0 Å². The lowest BCUT2D eigenvalue weighted by atomic mass is 10.0. The van der Waals surface area contributed by atoms with Gasteiger partial charge in [0.15, 0.2) is 0 Å². The first-order valence-corrected chi connectivity index (χ1v) is 17.8. The minimum absolute atomic E-state index is 0.876. The normalized spacial score (nSPS) is 11.8. The van der Waals surface area contributed by atoms with Crippen LogP contribution in [0.1, 0.15) is 0 Å².